The summed E-state index contributed by atoms with van der Waals surface area (Å²) in [4.78, 5) is 14.5. The Morgan fingerprint density at radius 3 is 2.12 bits per heavy atom. The van der Waals surface area contributed by atoms with Gasteiger partial charge in [-0.05, 0) is 84.4 Å². The smallest absolute Gasteiger partial charge is 0.331 e. The first-order valence-corrected chi connectivity index (χ1v) is 18.1. The number of hydrogen-bond acceptors (Lipinski definition) is 5. The molecule has 2 N–H and O–H groups in total. The van der Waals surface area contributed by atoms with Crippen molar-refractivity contribution in [1.82, 2.24) is 14.5 Å². The van der Waals surface area contributed by atoms with E-state index in [-0.39, 0.29) is 4.90 Å². The van der Waals surface area contributed by atoms with Crippen molar-refractivity contribution in [3.8, 4) is 5.88 Å². The quantitative estimate of drug-likeness (QED) is 0.175. The SMILES string of the molecule is CC1Cc2cc3c(c(NC(=O)NS(=O)(=NC(c4ccccc4)(c4ccccc4)c4ccccc4)c4cnn5c4OC(C)(C)C5)c21)CCC3. The van der Waals surface area contributed by atoms with E-state index in [2.05, 4.69) is 28.1 Å². The van der Waals surface area contributed by atoms with Crippen molar-refractivity contribution >= 4 is 21.6 Å². The minimum Gasteiger partial charge on any atom is -0.469 e. The average molecular weight is 658 g/mol. The molecule has 0 saturated heterocycles. The highest BCUT2D eigenvalue weighted by molar-refractivity contribution is 7.92. The number of hydrogen-bond donors (Lipinski definition) is 2. The molecule has 5 aromatic rings. The molecule has 0 saturated carbocycles. The first-order chi connectivity index (χ1) is 23.2. The lowest BCUT2D eigenvalue weighted by Crippen LogP contribution is -2.39. The number of nitrogens with zero attached hydrogens (tertiary/aromatic N) is 3. The predicted octanol–water partition coefficient (Wildman–Crippen LogP) is 7.76. The maximum Gasteiger partial charge on any atom is 0.331 e. The van der Waals surface area contributed by atoms with Gasteiger partial charge in [0.05, 0.1) is 12.7 Å². The van der Waals surface area contributed by atoms with E-state index < -0.39 is 27.1 Å². The van der Waals surface area contributed by atoms with Crippen LogP contribution in [0.4, 0.5) is 10.5 Å². The Bertz CT molecular complexity index is 2050. The fourth-order valence-corrected chi connectivity index (χ4v) is 9.53. The molecule has 3 aliphatic rings. The number of carbonyl (C=O) groups is 1. The first-order valence-electron chi connectivity index (χ1n) is 16.6. The number of aromatic nitrogens is 2. The number of carbonyl (C=O) groups excluding carboxylic acids is 1. The minimum atomic E-state index is -3.80. The average Bonchev–Trinajstić information content (AvgIpc) is 3.78. The molecule has 2 heterocycles. The number of nitrogens with one attached hydrogen (secondary N) is 2. The van der Waals surface area contributed by atoms with Gasteiger partial charge in [-0.25, -0.2) is 18.4 Å². The van der Waals surface area contributed by atoms with Crippen molar-refractivity contribution in [2.75, 3.05) is 5.32 Å². The molecule has 8 rings (SSSR count). The van der Waals surface area contributed by atoms with E-state index in [1.165, 1.54) is 28.5 Å². The molecule has 1 aromatic heterocycles. The van der Waals surface area contributed by atoms with Crippen LogP contribution in [0.2, 0.25) is 0 Å². The van der Waals surface area contributed by atoms with Gasteiger partial charge in [0.1, 0.15) is 16.0 Å². The number of benzene rings is 4. The molecule has 9 heteroatoms. The predicted molar refractivity (Wildman–Crippen MR) is 188 cm³/mol. The number of fused-ring (bicyclic) bond motifs is 3. The zero-order valence-electron chi connectivity index (χ0n) is 27.4. The van der Waals surface area contributed by atoms with Crippen molar-refractivity contribution in [2.45, 2.75) is 75.0 Å². The second-order valence-corrected chi connectivity index (χ2v) is 15.6. The van der Waals surface area contributed by atoms with E-state index in [1.807, 2.05) is 105 Å². The Morgan fingerprint density at radius 1 is 0.938 bits per heavy atom. The van der Waals surface area contributed by atoms with Gasteiger partial charge in [-0.3, -0.25) is 0 Å². The number of rotatable bonds is 7. The molecule has 0 radical (unpaired) electrons. The molecule has 244 valence electrons. The van der Waals surface area contributed by atoms with E-state index in [0.29, 0.717) is 18.3 Å². The summed E-state index contributed by atoms with van der Waals surface area (Å²) in [5.74, 6) is 0.683. The second-order valence-electron chi connectivity index (χ2n) is 13.7. The Morgan fingerprint density at radius 2 is 1.54 bits per heavy atom. The van der Waals surface area contributed by atoms with Crippen molar-refractivity contribution in [2.24, 2.45) is 4.36 Å². The van der Waals surface area contributed by atoms with Crippen LogP contribution in [-0.2, 0) is 41.3 Å². The van der Waals surface area contributed by atoms with Gasteiger partial charge in [0, 0.05) is 5.69 Å². The molecule has 0 spiro atoms. The molecule has 0 fully saturated rings. The topological polar surface area (TPSA) is 97.6 Å². The monoisotopic (exact) mass is 657 g/mol. The van der Waals surface area contributed by atoms with Gasteiger partial charge >= 0.3 is 6.03 Å². The summed E-state index contributed by atoms with van der Waals surface area (Å²) in [6.45, 7) is 6.59. The van der Waals surface area contributed by atoms with Crippen LogP contribution >= 0.6 is 0 Å². The molecule has 2 atom stereocenters. The third kappa shape index (κ3) is 4.99. The molecular weight excluding hydrogens is 619 g/mol. The largest absolute Gasteiger partial charge is 0.469 e. The maximum absolute atomic E-state index is 15.9. The Balaban J connectivity index is 1.35. The summed E-state index contributed by atoms with van der Waals surface area (Å²) in [6, 6.07) is 31.2. The highest BCUT2D eigenvalue weighted by atomic mass is 32.2. The Kier molecular flexibility index (Phi) is 7.21. The third-order valence-electron chi connectivity index (χ3n) is 9.82. The standard InChI is InChI=1S/C39H39N5O3S/c1-26-22-28-23-27-14-13-21-32(27)35(34(26)28)41-37(45)42-48(46,33-24-40-44-25-38(2,3)47-36(33)44)43-39(29-15-7-4-8-16-29,30-17-9-5-10-18-30)31-19-11-6-12-20-31/h4-12,15-20,23-24,26H,13-14,21-22,25H2,1-3H3,(H2,41,42,43,45,46). The van der Waals surface area contributed by atoms with Gasteiger partial charge in [0.15, 0.2) is 9.92 Å². The first kappa shape index (κ1) is 30.4. The molecule has 48 heavy (non-hydrogen) atoms. The van der Waals surface area contributed by atoms with Gasteiger partial charge in [-0.1, -0.05) is 104 Å². The van der Waals surface area contributed by atoms with E-state index in [1.54, 1.807) is 4.68 Å². The van der Waals surface area contributed by atoms with Crippen LogP contribution in [0, 0.1) is 0 Å². The summed E-state index contributed by atoms with van der Waals surface area (Å²) in [5, 5.41) is 7.75. The fraction of sp³-hybridized carbons (Fsp3) is 0.282. The van der Waals surface area contributed by atoms with Crippen molar-refractivity contribution in [1.29, 1.82) is 0 Å². The zero-order chi connectivity index (χ0) is 33.1. The van der Waals surface area contributed by atoms with Gasteiger partial charge in [-0.2, -0.15) is 9.46 Å². The van der Waals surface area contributed by atoms with Crippen LogP contribution in [0.15, 0.2) is 113 Å². The molecule has 0 bridgehead atoms. The Labute approximate surface area is 281 Å². The lowest BCUT2D eigenvalue weighted by atomic mass is 9.75. The highest BCUT2D eigenvalue weighted by Gasteiger charge is 2.42. The second kappa shape index (κ2) is 11.4. The van der Waals surface area contributed by atoms with Gasteiger partial charge in [0.2, 0.25) is 5.88 Å². The van der Waals surface area contributed by atoms with E-state index in [0.717, 1.165) is 48.1 Å². The molecule has 4 aromatic carbocycles. The van der Waals surface area contributed by atoms with Crippen LogP contribution in [-0.4, -0.2) is 25.6 Å². The number of aryl methyl sites for hydroxylation is 1. The molecule has 1 aliphatic heterocycles. The zero-order valence-corrected chi connectivity index (χ0v) is 28.2. The number of anilines is 1. The van der Waals surface area contributed by atoms with E-state index in [4.69, 9.17) is 9.10 Å². The van der Waals surface area contributed by atoms with E-state index in [9.17, 15) is 4.79 Å². The summed E-state index contributed by atoms with van der Waals surface area (Å²) in [7, 11) is -3.80. The Hall–Kier alpha value is -4.89. The number of ether oxygens (including phenoxy) is 1. The van der Waals surface area contributed by atoms with Gasteiger partial charge < -0.3 is 10.1 Å². The highest BCUT2D eigenvalue weighted by Crippen LogP contribution is 2.47. The lowest BCUT2D eigenvalue weighted by Gasteiger charge is -2.33. The number of urea groups is 1. The van der Waals surface area contributed by atoms with Crippen LogP contribution < -0.4 is 14.8 Å². The van der Waals surface area contributed by atoms with Crippen molar-refractivity contribution in [3.63, 3.8) is 0 Å². The summed E-state index contributed by atoms with van der Waals surface area (Å²) in [5.41, 5.74) is 6.36. The summed E-state index contributed by atoms with van der Waals surface area (Å²) < 4.78 is 32.3. The van der Waals surface area contributed by atoms with Crippen LogP contribution in [0.3, 0.4) is 0 Å². The third-order valence-corrected chi connectivity index (χ3v) is 11.7. The molecular formula is C39H39N5O3S. The van der Waals surface area contributed by atoms with Crippen molar-refractivity contribution < 1.29 is 13.7 Å². The van der Waals surface area contributed by atoms with Gasteiger partial charge in [-0.15, -0.1) is 0 Å². The van der Waals surface area contributed by atoms with Crippen LogP contribution in [0.1, 0.15) is 72.1 Å². The van der Waals surface area contributed by atoms with Crippen LogP contribution in [0.5, 0.6) is 5.88 Å². The molecule has 8 nitrogen and oxygen atoms in total. The van der Waals surface area contributed by atoms with Crippen molar-refractivity contribution in [3.05, 3.63) is 142 Å². The van der Waals surface area contributed by atoms with E-state index >= 15 is 4.21 Å². The molecule has 2 unspecified atom stereocenters. The molecule has 2 aliphatic carbocycles. The lowest BCUT2D eigenvalue weighted by molar-refractivity contribution is 0.132. The maximum atomic E-state index is 15.9. The number of amides is 2. The summed E-state index contributed by atoms with van der Waals surface area (Å²) in [6.07, 6.45) is 5.48. The normalized spacial score (nSPS) is 18.4. The fourth-order valence-electron chi connectivity index (χ4n) is 7.70. The van der Waals surface area contributed by atoms with Crippen LogP contribution in [0.25, 0.3) is 0 Å². The molecule has 2 amide bonds. The minimum absolute atomic E-state index is 0.232. The summed E-state index contributed by atoms with van der Waals surface area (Å²) >= 11 is 0. The van der Waals surface area contributed by atoms with Gasteiger partial charge in [0.25, 0.3) is 0 Å².